The van der Waals surface area contributed by atoms with Gasteiger partial charge in [0.1, 0.15) is 6.10 Å². The van der Waals surface area contributed by atoms with Crippen molar-refractivity contribution in [2.24, 2.45) is 5.92 Å². The monoisotopic (exact) mass is 392 g/mol. The molecule has 3 aliphatic rings. The molecule has 0 aromatic heterocycles. The second kappa shape index (κ2) is 6.89. The van der Waals surface area contributed by atoms with Gasteiger partial charge in [0.05, 0.1) is 24.9 Å². The molecular weight excluding hydrogens is 364 g/mol. The molecule has 0 aromatic carbocycles. The maximum atomic E-state index is 6.24. The van der Waals surface area contributed by atoms with E-state index in [2.05, 4.69) is 15.9 Å². The molecule has 2 heterocycles. The van der Waals surface area contributed by atoms with E-state index >= 15 is 0 Å². The Kier molecular flexibility index (Phi) is 5.41. The van der Waals surface area contributed by atoms with Gasteiger partial charge in [-0.25, -0.2) is 0 Å². The Hall–Kier alpha value is 0.280. The summed E-state index contributed by atoms with van der Waals surface area (Å²) in [7, 11) is 0. The summed E-state index contributed by atoms with van der Waals surface area (Å²) in [6.45, 7) is 9.23. The molecule has 5 atom stereocenters. The summed E-state index contributed by atoms with van der Waals surface area (Å²) in [5.41, 5.74) is 0. The van der Waals surface area contributed by atoms with Gasteiger partial charge in [0.15, 0.2) is 11.6 Å². The topological polar surface area (TPSA) is 46.2 Å². The Morgan fingerprint density at radius 1 is 1.00 bits per heavy atom. The van der Waals surface area contributed by atoms with Crippen LogP contribution in [0.4, 0.5) is 0 Å². The van der Waals surface area contributed by atoms with Crippen LogP contribution in [0.5, 0.6) is 0 Å². The maximum absolute atomic E-state index is 6.24. The fourth-order valence-corrected chi connectivity index (χ4v) is 4.29. The van der Waals surface area contributed by atoms with Crippen LogP contribution in [0.15, 0.2) is 0 Å². The van der Waals surface area contributed by atoms with Crippen molar-refractivity contribution in [3.8, 4) is 0 Å². The number of fused-ring (bicyclic) bond motifs is 1. The van der Waals surface area contributed by atoms with Crippen LogP contribution < -0.4 is 0 Å². The van der Waals surface area contributed by atoms with Crippen LogP contribution >= 0.6 is 15.9 Å². The van der Waals surface area contributed by atoms with Gasteiger partial charge in [0, 0.05) is 17.9 Å². The van der Waals surface area contributed by atoms with Gasteiger partial charge in [-0.15, -0.1) is 0 Å². The molecule has 1 aliphatic carbocycles. The lowest BCUT2D eigenvalue weighted by Crippen LogP contribution is -2.40. The predicted octanol–water partition coefficient (Wildman–Crippen LogP) is 3.24. The Labute approximate surface area is 147 Å². The summed E-state index contributed by atoms with van der Waals surface area (Å²) in [5.74, 6) is -0.777. The predicted molar refractivity (Wildman–Crippen MR) is 89.6 cm³/mol. The van der Waals surface area contributed by atoms with Crippen LogP contribution in [0.1, 0.15) is 47.0 Å². The number of alkyl halides is 1. The highest BCUT2D eigenvalue weighted by Gasteiger charge is 2.57. The van der Waals surface area contributed by atoms with Crippen molar-refractivity contribution in [2.45, 2.75) is 82.9 Å². The van der Waals surface area contributed by atoms with Crippen molar-refractivity contribution in [1.82, 2.24) is 0 Å². The van der Waals surface area contributed by atoms with E-state index in [0.717, 1.165) is 31.2 Å². The van der Waals surface area contributed by atoms with Crippen molar-refractivity contribution in [1.29, 1.82) is 0 Å². The highest BCUT2D eigenvalue weighted by atomic mass is 79.9. The van der Waals surface area contributed by atoms with Crippen molar-refractivity contribution in [3.05, 3.63) is 0 Å². The van der Waals surface area contributed by atoms with Gasteiger partial charge in [-0.05, 0) is 47.0 Å². The molecule has 2 aliphatic heterocycles. The third kappa shape index (κ3) is 4.10. The smallest absolute Gasteiger partial charge is 0.163 e. The van der Waals surface area contributed by atoms with E-state index in [-0.39, 0.29) is 30.3 Å². The van der Waals surface area contributed by atoms with E-state index in [4.69, 9.17) is 23.7 Å². The molecule has 0 amide bonds. The SMILES string of the molecule is CC1(C)OC2C[C@H]([C@@H]3COC(C)(C)O3)[C@H](OCCCCBr)C2O1. The molecule has 0 bridgehead atoms. The van der Waals surface area contributed by atoms with Crippen LogP contribution in [0.2, 0.25) is 0 Å². The second-order valence-electron chi connectivity index (χ2n) is 7.64. The average molecular weight is 393 g/mol. The lowest BCUT2D eigenvalue weighted by atomic mass is 9.98. The van der Waals surface area contributed by atoms with Gasteiger partial charge in [0.25, 0.3) is 0 Å². The molecule has 1 saturated carbocycles. The molecule has 0 spiro atoms. The van der Waals surface area contributed by atoms with E-state index in [1.807, 2.05) is 27.7 Å². The van der Waals surface area contributed by atoms with Crippen molar-refractivity contribution < 1.29 is 23.7 Å². The molecule has 23 heavy (non-hydrogen) atoms. The van der Waals surface area contributed by atoms with E-state index in [9.17, 15) is 0 Å². The first-order valence-electron chi connectivity index (χ1n) is 8.66. The van der Waals surface area contributed by atoms with Gasteiger partial charge in [-0.2, -0.15) is 0 Å². The van der Waals surface area contributed by atoms with Crippen molar-refractivity contribution >= 4 is 15.9 Å². The van der Waals surface area contributed by atoms with Crippen molar-refractivity contribution in [2.75, 3.05) is 18.5 Å². The molecule has 0 radical (unpaired) electrons. The minimum atomic E-state index is -0.524. The summed E-state index contributed by atoms with van der Waals surface area (Å²) in [6.07, 6.45) is 3.21. The van der Waals surface area contributed by atoms with E-state index in [0.29, 0.717) is 6.61 Å². The molecule has 6 heteroatoms. The molecule has 5 nitrogen and oxygen atoms in total. The van der Waals surface area contributed by atoms with Gasteiger partial charge in [-0.3, -0.25) is 0 Å². The zero-order valence-electron chi connectivity index (χ0n) is 14.5. The molecule has 3 rings (SSSR count). The molecule has 0 N–H and O–H groups in total. The summed E-state index contributed by atoms with van der Waals surface area (Å²) >= 11 is 3.46. The minimum absolute atomic E-state index is 0.00807. The average Bonchev–Trinajstić information content (AvgIpc) is 3.05. The Morgan fingerprint density at radius 3 is 2.39 bits per heavy atom. The number of rotatable bonds is 6. The fraction of sp³-hybridized carbons (Fsp3) is 1.00. The lowest BCUT2D eigenvalue weighted by molar-refractivity contribution is -0.187. The number of ether oxygens (including phenoxy) is 5. The first-order valence-corrected chi connectivity index (χ1v) is 9.78. The molecule has 2 unspecified atom stereocenters. The molecular formula is C17H29BrO5. The third-order valence-corrected chi connectivity index (χ3v) is 5.38. The standard InChI is InChI=1S/C17H29BrO5/c1-16(2)20-10-13(22-16)11-9-12-15(23-17(3,4)21-12)14(11)19-8-6-5-7-18/h11-15H,5-10H2,1-4H3/t11-,12?,13+,14+,15?/m1/s1. The van der Waals surface area contributed by atoms with Gasteiger partial charge in [0.2, 0.25) is 0 Å². The van der Waals surface area contributed by atoms with Gasteiger partial charge >= 0.3 is 0 Å². The summed E-state index contributed by atoms with van der Waals surface area (Å²) < 4.78 is 30.3. The Balaban J connectivity index is 1.66. The largest absolute Gasteiger partial charge is 0.375 e. The highest BCUT2D eigenvalue weighted by molar-refractivity contribution is 9.09. The fourth-order valence-electron chi connectivity index (χ4n) is 3.89. The third-order valence-electron chi connectivity index (χ3n) is 4.82. The number of unbranched alkanes of at least 4 members (excludes halogenated alkanes) is 1. The Bertz CT molecular complexity index is 414. The van der Waals surface area contributed by atoms with Crippen LogP contribution in [0.3, 0.4) is 0 Å². The van der Waals surface area contributed by atoms with Crippen LogP contribution in [0, 0.1) is 5.92 Å². The van der Waals surface area contributed by atoms with Crippen LogP contribution in [0.25, 0.3) is 0 Å². The first-order chi connectivity index (χ1) is 10.8. The summed E-state index contributed by atoms with van der Waals surface area (Å²) in [5, 5.41) is 1.01. The zero-order valence-corrected chi connectivity index (χ0v) is 16.1. The van der Waals surface area contributed by atoms with Crippen LogP contribution in [-0.4, -0.2) is 54.5 Å². The molecule has 2 saturated heterocycles. The van der Waals surface area contributed by atoms with Gasteiger partial charge < -0.3 is 23.7 Å². The normalized spacial score (nSPS) is 41.3. The quantitative estimate of drug-likeness (QED) is 0.512. The number of hydrogen-bond acceptors (Lipinski definition) is 5. The summed E-state index contributed by atoms with van der Waals surface area (Å²) in [4.78, 5) is 0. The first kappa shape index (κ1) is 18.1. The number of hydrogen-bond donors (Lipinski definition) is 0. The minimum Gasteiger partial charge on any atom is -0.375 e. The van der Waals surface area contributed by atoms with Gasteiger partial charge in [-0.1, -0.05) is 15.9 Å². The van der Waals surface area contributed by atoms with E-state index < -0.39 is 11.6 Å². The van der Waals surface area contributed by atoms with E-state index in [1.54, 1.807) is 0 Å². The molecule has 3 fully saturated rings. The lowest BCUT2D eigenvalue weighted by Gasteiger charge is -2.30. The molecule has 134 valence electrons. The van der Waals surface area contributed by atoms with Crippen LogP contribution in [-0.2, 0) is 23.7 Å². The summed E-state index contributed by atoms with van der Waals surface area (Å²) in [6, 6.07) is 0. The Morgan fingerprint density at radius 2 is 1.74 bits per heavy atom. The molecule has 0 aromatic rings. The number of halogens is 1. The zero-order chi connectivity index (χ0) is 16.7. The maximum Gasteiger partial charge on any atom is 0.163 e. The van der Waals surface area contributed by atoms with Crippen molar-refractivity contribution in [3.63, 3.8) is 0 Å². The highest BCUT2D eigenvalue weighted by Crippen LogP contribution is 2.46. The van der Waals surface area contributed by atoms with E-state index in [1.165, 1.54) is 0 Å². The second-order valence-corrected chi connectivity index (χ2v) is 8.43.